The van der Waals surface area contributed by atoms with E-state index in [1.165, 1.54) is 36.9 Å². The number of amides is 1. The van der Waals surface area contributed by atoms with Gasteiger partial charge in [-0.2, -0.15) is 0 Å². The van der Waals surface area contributed by atoms with Crippen molar-refractivity contribution in [2.24, 2.45) is 5.92 Å². The van der Waals surface area contributed by atoms with Gasteiger partial charge in [-0.25, -0.2) is 4.21 Å². The monoisotopic (exact) mass is 427 g/mol. The number of carbonyl (C=O) groups is 1. The summed E-state index contributed by atoms with van der Waals surface area (Å²) < 4.78 is 14.6. The topological polar surface area (TPSA) is 45.6 Å². The van der Waals surface area contributed by atoms with Crippen LogP contribution in [-0.4, -0.2) is 55.8 Å². The minimum Gasteiger partial charge on any atom is -0.339 e. The van der Waals surface area contributed by atoms with E-state index in [1.54, 1.807) is 6.26 Å². The molecule has 1 saturated heterocycles. The average Bonchev–Trinajstić information content (AvgIpc) is 3.39. The zero-order valence-corrected chi connectivity index (χ0v) is 19.0. The van der Waals surface area contributed by atoms with Gasteiger partial charge in [0.2, 0.25) is 0 Å². The molecular formula is C24H33N3O2S. The molecule has 3 heterocycles. The van der Waals surface area contributed by atoms with Crippen molar-refractivity contribution in [1.82, 2.24) is 13.8 Å². The minimum atomic E-state index is -1.10. The second kappa shape index (κ2) is 8.12. The SMILES string of the molecule is CC1CCN(C(=O)c2ccc3c(c2)c2c(n3S(C)=O)CCN(C3CCCC3)C2)CC1. The van der Waals surface area contributed by atoms with Crippen LogP contribution in [0.25, 0.3) is 10.9 Å². The van der Waals surface area contributed by atoms with Gasteiger partial charge in [0.1, 0.15) is 11.0 Å². The molecule has 0 bridgehead atoms. The van der Waals surface area contributed by atoms with Gasteiger partial charge in [0.15, 0.2) is 0 Å². The van der Waals surface area contributed by atoms with Crippen LogP contribution in [0.1, 0.15) is 67.1 Å². The fourth-order valence-corrected chi connectivity index (χ4v) is 6.69. The van der Waals surface area contributed by atoms with Crippen LogP contribution in [0.3, 0.4) is 0 Å². The summed E-state index contributed by atoms with van der Waals surface area (Å²) >= 11 is 0. The third-order valence-electron chi connectivity index (χ3n) is 7.55. The highest BCUT2D eigenvalue weighted by atomic mass is 32.2. The van der Waals surface area contributed by atoms with Crippen LogP contribution in [0.5, 0.6) is 0 Å². The van der Waals surface area contributed by atoms with Gasteiger partial charge in [0.25, 0.3) is 5.91 Å². The zero-order valence-electron chi connectivity index (χ0n) is 18.2. The second-order valence-corrected chi connectivity index (χ2v) is 10.7. The number of hydrogen-bond donors (Lipinski definition) is 0. The maximum absolute atomic E-state index is 13.2. The molecule has 2 aliphatic heterocycles. The Kier molecular flexibility index (Phi) is 5.48. The van der Waals surface area contributed by atoms with Crippen LogP contribution in [0.15, 0.2) is 18.2 Å². The van der Waals surface area contributed by atoms with Crippen LogP contribution >= 0.6 is 0 Å². The number of hydrogen-bond acceptors (Lipinski definition) is 3. The van der Waals surface area contributed by atoms with E-state index in [4.69, 9.17) is 0 Å². The Morgan fingerprint density at radius 2 is 1.80 bits per heavy atom. The molecule has 1 amide bonds. The molecule has 3 aliphatic rings. The first kappa shape index (κ1) is 20.3. The van der Waals surface area contributed by atoms with Crippen molar-refractivity contribution in [3.63, 3.8) is 0 Å². The molecule has 1 aliphatic carbocycles. The Morgan fingerprint density at radius 1 is 1.07 bits per heavy atom. The number of aromatic nitrogens is 1. The molecule has 1 aromatic carbocycles. The number of carbonyl (C=O) groups excluding carboxylic acids is 1. The molecule has 1 aromatic heterocycles. The van der Waals surface area contributed by atoms with Crippen molar-refractivity contribution < 1.29 is 9.00 Å². The van der Waals surface area contributed by atoms with Crippen molar-refractivity contribution in [2.45, 2.75) is 64.5 Å². The highest BCUT2D eigenvalue weighted by molar-refractivity contribution is 7.82. The summed E-state index contributed by atoms with van der Waals surface area (Å²) in [5, 5.41) is 1.12. The summed E-state index contributed by atoms with van der Waals surface area (Å²) in [6, 6.07) is 6.72. The van der Waals surface area contributed by atoms with Crippen LogP contribution in [0.2, 0.25) is 0 Å². The molecule has 1 unspecified atom stereocenters. The largest absolute Gasteiger partial charge is 0.339 e. The van der Waals surface area contributed by atoms with Crippen molar-refractivity contribution in [1.29, 1.82) is 0 Å². The number of rotatable bonds is 3. The average molecular weight is 428 g/mol. The molecular weight excluding hydrogens is 394 g/mol. The molecule has 2 fully saturated rings. The highest BCUT2D eigenvalue weighted by Crippen LogP contribution is 2.35. The number of piperidine rings is 1. The van der Waals surface area contributed by atoms with E-state index in [9.17, 15) is 9.00 Å². The number of likely N-dealkylation sites (tertiary alicyclic amines) is 1. The summed E-state index contributed by atoms with van der Waals surface area (Å²) in [4.78, 5) is 17.8. The van der Waals surface area contributed by atoms with Crippen molar-refractivity contribution in [3.05, 3.63) is 35.0 Å². The van der Waals surface area contributed by atoms with Crippen molar-refractivity contribution in [3.8, 4) is 0 Å². The Bertz CT molecular complexity index is 984. The van der Waals surface area contributed by atoms with Crippen molar-refractivity contribution in [2.75, 3.05) is 25.9 Å². The van der Waals surface area contributed by atoms with Gasteiger partial charge in [-0.05, 0) is 55.4 Å². The highest BCUT2D eigenvalue weighted by Gasteiger charge is 2.31. The second-order valence-electron chi connectivity index (χ2n) is 9.51. The first-order valence-corrected chi connectivity index (χ1v) is 13.1. The standard InChI is InChI=1S/C24H33N3O2S/c1-17-9-12-25(13-10-17)24(28)18-7-8-22-20(15-18)21-16-26(19-5-3-4-6-19)14-11-23(21)27(22)30(2)29/h7-8,15,17,19H,3-6,9-14,16H2,1-2H3. The fraction of sp³-hybridized carbons (Fsp3) is 0.625. The minimum absolute atomic E-state index is 0.145. The molecule has 0 radical (unpaired) electrons. The molecule has 0 spiro atoms. The lowest BCUT2D eigenvalue weighted by Crippen LogP contribution is -2.38. The summed E-state index contributed by atoms with van der Waals surface area (Å²) in [6.45, 7) is 5.93. The first-order chi connectivity index (χ1) is 14.5. The molecule has 0 N–H and O–H groups in total. The Hall–Kier alpha value is -1.66. The third kappa shape index (κ3) is 3.52. The summed E-state index contributed by atoms with van der Waals surface area (Å²) in [7, 11) is -1.10. The third-order valence-corrected chi connectivity index (χ3v) is 8.48. The van der Waals surface area contributed by atoms with E-state index in [1.807, 2.05) is 21.0 Å². The molecule has 5 nitrogen and oxygen atoms in total. The van der Waals surface area contributed by atoms with Crippen molar-refractivity contribution >= 4 is 27.8 Å². The van der Waals surface area contributed by atoms with E-state index in [-0.39, 0.29) is 5.91 Å². The van der Waals surface area contributed by atoms with Gasteiger partial charge in [-0.15, -0.1) is 0 Å². The Balaban J connectivity index is 1.52. The maximum atomic E-state index is 13.2. The quantitative estimate of drug-likeness (QED) is 0.745. The van der Waals surface area contributed by atoms with E-state index >= 15 is 0 Å². The first-order valence-electron chi connectivity index (χ1n) is 11.6. The predicted octanol–water partition coefficient (Wildman–Crippen LogP) is 3.96. The summed E-state index contributed by atoms with van der Waals surface area (Å²) in [6.07, 6.45) is 10.1. The van der Waals surface area contributed by atoms with Gasteiger partial charge in [-0.3, -0.25) is 13.7 Å². The lowest BCUT2D eigenvalue weighted by Gasteiger charge is -2.33. The van der Waals surface area contributed by atoms with E-state index in [2.05, 4.69) is 17.9 Å². The van der Waals surface area contributed by atoms with Gasteiger partial charge in [0, 0.05) is 61.5 Å². The lowest BCUT2D eigenvalue weighted by molar-refractivity contribution is 0.0697. The Morgan fingerprint density at radius 3 is 2.50 bits per heavy atom. The predicted molar refractivity (Wildman–Crippen MR) is 122 cm³/mol. The number of nitrogens with zero attached hydrogens (tertiary/aromatic N) is 3. The summed E-state index contributed by atoms with van der Waals surface area (Å²) in [5.74, 6) is 0.852. The molecule has 2 aromatic rings. The van der Waals surface area contributed by atoms with Gasteiger partial charge >= 0.3 is 0 Å². The molecule has 1 saturated carbocycles. The number of benzene rings is 1. The van der Waals surface area contributed by atoms with Crippen LogP contribution < -0.4 is 0 Å². The molecule has 162 valence electrons. The van der Waals surface area contributed by atoms with Gasteiger partial charge in [-0.1, -0.05) is 19.8 Å². The van der Waals surface area contributed by atoms with E-state index in [0.29, 0.717) is 12.0 Å². The van der Waals surface area contributed by atoms with Crippen LogP contribution in [0, 0.1) is 5.92 Å². The number of fused-ring (bicyclic) bond motifs is 3. The lowest BCUT2D eigenvalue weighted by atomic mass is 9.98. The molecule has 6 heteroatoms. The summed E-state index contributed by atoms with van der Waals surface area (Å²) in [5.41, 5.74) is 4.28. The molecule has 1 atom stereocenters. The normalized spacial score (nSPS) is 22.5. The van der Waals surface area contributed by atoms with Crippen LogP contribution in [-0.2, 0) is 24.0 Å². The van der Waals surface area contributed by atoms with Crippen LogP contribution in [0.4, 0.5) is 0 Å². The van der Waals surface area contributed by atoms with Gasteiger partial charge < -0.3 is 4.90 Å². The van der Waals surface area contributed by atoms with E-state index < -0.39 is 11.0 Å². The van der Waals surface area contributed by atoms with E-state index in [0.717, 1.165) is 61.9 Å². The fourth-order valence-electron chi connectivity index (χ4n) is 5.74. The molecule has 5 rings (SSSR count). The Labute approximate surface area is 182 Å². The maximum Gasteiger partial charge on any atom is 0.253 e. The zero-order chi connectivity index (χ0) is 20.8. The smallest absolute Gasteiger partial charge is 0.253 e. The molecule has 30 heavy (non-hydrogen) atoms. The van der Waals surface area contributed by atoms with Gasteiger partial charge in [0.05, 0.1) is 5.52 Å².